The summed E-state index contributed by atoms with van der Waals surface area (Å²) in [5.41, 5.74) is 0.359. The average Bonchev–Trinajstić information content (AvgIpc) is 3.30. The Morgan fingerprint density at radius 1 is 1.32 bits per heavy atom. The van der Waals surface area contributed by atoms with E-state index >= 15 is 0 Å². The number of ether oxygens (including phenoxy) is 1. The quantitative estimate of drug-likeness (QED) is 0.282. The lowest BCUT2D eigenvalue weighted by Crippen LogP contribution is -2.06. The standard InChI is InChI=1S/C16H12N2O6S/c1-25-15-5-4-10(7-12(15)18(20)21)16(19)23-9-11-8-14(24-17-11)13-3-2-6-22-13/h2-8H,9H2,1H3. The largest absolute Gasteiger partial charge is 0.461 e. The van der Waals surface area contributed by atoms with Gasteiger partial charge in [0, 0.05) is 12.1 Å². The van der Waals surface area contributed by atoms with E-state index in [9.17, 15) is 14.9 Å². The summed E-state index contributed by atoms with van der Waals surface area (Å²) >= 11 is 1.23. The van der Waals surface area contributed by atoms with Crippen LogP contribution in [-0.4, -0.2) is 22.3 Å². The number of nitrogens with zero attached hydrogens (tertiary/aromatic N) is 2. The van der Waals surface area contributed by atoms with E-state index in [-0.39, 0.29) is 17.9 Å². The van der Waals surface area contributed by atoms with E-state index in [1.807, 2.05) is 0 Å². The molecule has 0 aliphatic carbocycles. The van der Waals surface area contributed by atoms with Crippen LogP contribution in [0, 0.1) is 10.1 Å². The smallest absolute Gasteiger partial charge is 0.338 e. The highest BCUT2D eigenvalue weighted by Gasteiger charge is 2.18. The Morgan fingerprint density at radius 3 is 2.84 bits per heavy atom. The molecular formula is C16H12N2O6S. The van der Waals surface area contributed by atoms with Crippen LogP contribution >= 0.6 is 11.8 Å². The van der Waals surface area contributed by atoms with Crippen molar-refractivity contribution in [1.29, 1.82) is 0 Å². The molecular weight excluding hydrogens is 348 g/mol. The summed E-state index contributed by atoms with van der Waals surface area (Å²) in [4.78, 5) is 23.1. The third-order valence-corrected chi connectivity index (χ3v) is 4.07. The normalized spacial score (nSPS) is 10.6. The van der Waals surface area contributed by atoms with E-state index in [4.69, 9.17) is 13.7 Å². The second-order valence-corrected chi connectivity index (χ2v) is 5.73. The molecule has 0 radical (unpaired) electrons. The third-order valence-electron chi connectivity index (χ3n) is 3.29. The number of esters is 1. The van der Waals surface area contributed by atoms with Gasteiger partial charge in [-0.1, -0.05) is 5.16 Å². The molecule has 3 aromatic rings. The first-order valence-electron chi connectivity index (χ1n) is 7.07. The molecule has 0 bridgehead atoms. The molecule has 0 unspecified atom stereocenters. The van der Waals surface area contributed by atoms with Crippen molar-refractivity contribution in [3.8, 4) is 11.5 Å². The zero-order valence-electron chi connectivity index (χ0n) is 13.0. The molecule has 0 aliphatic rings. The lowest BCUT2D eigenvalue weighted by molar-refractivity contribution is -0.387. The van der Waals surface area contributed by atoms with E-state index < -0.39 is 10.9 Å². The Hall–Kier alpha value is -3.07. The van der Waals surface area contributed by atoms with Crippen LogP contribution in [0.5, 0.6) is 0 Å². The molecule has 25 heavy (non-hydrogen) atoms. The number of thioether (sulfide) groups is 1. The maximum Gasteiger partial charge on any atom is 0.338 e. The summed E-state index contributed by atoms with van der Waals surface area (Å²) in [6.07, 6.45) is 3.23. The number of aromatic nitrogens is 1. The fourth-order valence-corrected chi connectivity index (χ4v) is 2.64. The van der Waals surface area contributed by atoms with Gasteiger partial charge in [-0.15, -0.1) is 11.8 Å². The number of carbonyl (C=O) groups excluding carboxylic acids is 1. The summed E-state index contributed by atoms with van der Waals surface area (Å²) in [5, 5.41) is 14.8. The maximum atomic E-state index is 12.1. The number of nitro benzene ring substituents is 1. The van der Waals surface area contributed by atoms with Crippen LogP contribution in [0.4, 0.5) is 5.69 Å². The fourth-order valence-electron chi connectivity index (χ4n) is 2.10. The Bertz CT molecular complexity index is 903. The molecule has 0 aliphatic heterocycles. The van der Waals surface area contributed by atoms with Gasteiger partial charge in [0.15, 0.2) is 5.76 Å². The van der Waals surface area contributed by atoms with E-state index in [1.54, 1.807) is 24.5 Å². The minimum atomic E-state index is -0.682. The highest BCUT2D eigenvalue weighted by molar-refractivity contribution is 7.98. The first kappa shape index (κ1) is 16.8. The zero-order chi connectivity index (χ0) is 17.8. The van der Waals surface area contributed by atoms with E-state index in [2.05, 4.69) is 5.16 Å². The van der Waals surface area contributed by atoms with Crippen molar-refractivity contribution in [1.82, 2.24) is 5.16 Å². The highest BCUT2D eigenvalue weighted by Crippen LogP contribution is 2.28. The van der Waals surface area contributed by atoms with Crippen molar-refractivity contribution in [3.63, 3.8) is 0 Å². The van der Waals surface area contributed by atoms with Crippen molar-refractivity contribution in [3.05, 3.63) is 64.0 Å². The SMILES string of the molecule is CSc1ccc(C(=O)OCc2cc(-c3ccco3)on2)cc1[N+](=O)[O-]. The van der Waals surface area contributed by atoms with Gasteiger partial charge < -0.3 is 13.7 Å². The number of nitro groups is 1. The predicted molar refractivity (Wildman–Crippen MR) is 88.2 cm³/mol. The molecule has 0 atom stereocenters. The van der Waals surface area contributed by atoms with Gasteiger partial charge in [-0.25, -0.2) is 4.79 Å². The molecule has 0 spiro atoms. The van der Waals surface area contributed by atoms with Crippen LogP contribution in [0.15, 0.2) is 56.5 Å². The van der Waals surface area contributed by atoms with Crippen molar-refractivity contribution in [2.24, 2.45) is 0 Å². The number of hydrogen-bond acceptors (Lipinski definition) is 8. The lowest BCUT2D eigenvalue weighted by atomic mass is 10.2. The van der Waals surface area contributed by atoms with Crippen molar-refractivity contribution in [2.75, 3.05) is 6.26 Å². The summed E-state index contributed by atoms with van der Waals surface area (Å²) in [6.45, 7) is -0.124. The lowest BCUT2D eigenvalue weighted by Gasteiger charge is -2.04. The molecule has 0 N–H and O–H groups in total. The van der Waals surface area contributed by atoms with Gasteiger partial charge in [-0.05, 0) is 30.5 Å². The minimum Gasteiger partial charge on any atom is -0.461 e. The molecule has 0 amide bonds. The maximum absolute atomic E-state index is 12.1. The molecule has 1 aromatic carbocycles. The molecule has 9 heteroatoms. The Morgan fingerprint density at radius 2 is 2.16 bits per heavy atom. The van der Waals surface area contributed by atoms with Gasteiger partial charge >= 0.3 is 5.97 Å². The predicted octanol–water partition coefficient (Wildman–Crippen LogP) is 3.92. The second kappa shape index (κ2) is 7.22. The van der Waals surface area contributed by atoms with Crippen molar-refractivity contribution >= 4 is 23.4 Å². The fraction of sp³-hybridized carbons (Fsp3) is 0.125. The highest BCUT2D eigenvalue weighted by atomic mass is 32.2. The van der Waals surface area contributed by atoms with E-state index in [1.165, 1.54) is 36.2 Å². The van der Waals surface area contributed by atoms with Crippen LogP contribution in [0.2, 0.25) is 0 Å². The number of benzene rings is 1. The van der Waals surface area contributed by atoms with Crippen LogP contribution in [0.3, 0.4) is 0 Å². The molecule has 0 saturated heterocycles. The van der Waals surface area contributed by atoms with Gasteiger partial charge in [0.25, 0.3) is 5.69 Å². The summed E-state index contributed by atoms with van der Waals surface area (Å²) in [6, 6.07) is 9.21. The minimum absolute atomic E-state index is 0.0965. The van der Waals surface area contributed by atoms with Gasteiger partial charge in [0.05, 0.1) is 21.6 Å². The first-order chi connectivity index (χ1) is 12.1. The van der Waals surface area contributed by atoms with Crippen LogP contribution in [-0.2, 0) is 11.3 Å². The van der Waals surface area contributed by atoms with Gasteiger partial charge in [-0.2, -0.15) is 0 Å². The molecule has 2 aromatic heterocycles. The van der Waals surface area contributed by atoms with Crippen LogP contribution in [0.1, 0.15) is 16.1 Å². The first-order valence-corrected chi connectivity index (χ1v) is 8.30. The summed E-state index contributed by atoms with van der Waals surface area (Å²) in [5.74, 6) is 0.239. The van der Waals surface area contributed by atoms with E-state index in [0.29, 0.717) is 22.1 Å². The number of rotatable bonds is 6. The molecule has 2 heterocycles. The number of furan rings is 1. The van der Waals surface area contributed by atoms with Gasteiger partial charge in [0.2, 0.25) is 5.76 Å². The molecule has 0 fully saturated rings. The van der Waals surface area contributed by atoms with Crippen LogP contribution < -0.4 is 0 Å². The third kappa shape index (κ3) is 3.72. The van der Waals surface area contributed by atoms with Gasteiger partial charge in [0.1, 0.15) is 12.3 Å². The van der Waals surface area contributed by atoms with Crippen LogP contribution in [0.25, 0.3) is 11.5 Å². The number of carbonyl (C=O) groups is 1. The molecule has 128 valence electrons. The molecule has 0 saturated carbocycles. The summed E-state index contributed by atoms with van der Waals surface area (Å²) in [7, 11) is 0. The Kier molecular flexibility index (Phi) is 4.85. The molecule has 3 rings (SSSR count). The zero-order valence-corrected chi connectivity index (χ0v) is 13.8. The van der Waals surface area contributed by atoms with Gasteiger partial charge in [-0.3, -0.25) is 10.1 Å². The Labute approximate surface area is 145 Å². The van der Waals surface area contributed by atoms with E-state index in [0.717, 1.165) is 0 Å². The Balaban J connectivity index is 1.69. The summed E-state index contributed by atoms with van der Waals surface area (Å²) < 4.78 is 15.4. The number of hydrogen-bond donors (Lipinski definition) is 0. The van der Waals surface area contributed by atoms with Crippen molar-refractivity contribution in [2.45, 2.75) is 11.5 Å². The topological polar surface area (TPSA) is 109 Å². The second-order valence-electron chi connectivity index (χ2n) is 4.88. The monoisotopic (exact) mass is 360 g/mol. The van der Waals surface area contributed by atoms with Crippen molar-refractivity contribution < 1.29 is 23.4 Å². The molecule has 8 nitrogen and oxygen atoms in total. The average molecular weight is 360 g/mol.